The molecule has 0 aromatic rings. The van der Waals surface area contributed by atoms with Gasteiger partial charge in [-0.05, 0) is 36.5 Å². The zero-order chi connectivity index (χ0) is 21.8. The van der Waals surface area contributed by atoms with Crippen molar-refractivity contribution in [1.82, 2.24) is 9.80 Å². The highest BCUT2D eigenvalue weighted by Crippen LogP contribution is 2.41. The van der Waals surface area contributed by atoms with Crippen LogP contribution in [-0.4, -0.2) is 48.4 Å². The predicted octanol–water partition coefficient (Wildman–Crippen LogP) is 6.90. The van der Waals surface area contributed by atoms with Gasteiger partial charge in [0.2, 0.25) is 5.91 Å². The van der Waals surface area contributed by atoms with Crippen LogP contribution in [0.2, 0.25) is 0 Å². The van der Waals surface area contributed by atoms with Crippen LogP contribution in [0.4, 0.5) is 0 Å². The van der Waals surface area contributed by atoms with Gasteiger partial charge < -0.3 is 9.80 Å². The molecule has 2 unspecified atom stereocenters. The molecule has 2 aliphatic heterocycles. The van der Waals surface area contributed by atoms with E-state index in [1.165, 1.54) is 96.7 Å². The van der Waals surface area contributed by atoms with Gasteiger partial charge in [-0.25, -0.2) is 0 Å². The molecule has 1 spiro atoms. The zero-order valence-corrected chi connectivity index (χ0v) is 20.9. The monoisotopic (exact) mass is 420 g/mol. The quantitative estimate of drug-likeness (QED) is 0.269. The van der Waals surface area contributed by atoms with Gasteiger partial charge in [0, 0.05) is 39.1 Å². The van der Waals surface area contributed by atoms with E-state index in [1.54, 1.807) is 0 Å². The lowest BCUT2D eigenvalue weighted by molar-refractivity contribution is -0.136. The Hall–Kier alpha value is -0.570. The summed E-state index contributed by atoms with van der Waals surface area (Å²) in [5.41, 5.74) is 0.534. The van der Waals surface area contributed by atoms with Crippen molar-refractivity contribution in [2.24, 2.45) is 17.3 Å². The van der Waals surface area contributed by atoms with Crippen LogP contribution in [0.15, 0.2) is 0 Å². The molecule has 2 fully saturated rings. The summed E-state index contributed by atoms with van der Waals surface area (Å²) < 4.78 is 0. The van der Waals surface area contributed by atoms with Crippen LogP contribution in [0.3, 0.4) is 0 Å². The number of unbranched alkanes of at least 4 members (excludes halogenated alkanes) is 5. The van der Waals surface area contributed by atoms with Gasteiger partial charge in [0.15, 0.2) is 0 Å². The topological polar surface area (TPSA) is 23.6 Å². The summed E-state index contributed by atoms with van der Waals surface area (Å²) in [5.74, 6) is 2.03. The van der Waals surface area contributed by atoms with Crippen molar-refractivity contribution in [2.75, 3.05) is 32.7 Å². The normalized spacial score (nSPS) is 20.9. The van der Waals surface area contributed by atoms with Gasteiger partial charge in [0.1, 0.15) is 0 Å². The van der Waals surface area contributed by atoms with E-state index in [1.807, 2.05) is 0 Å². The minimum absolute atomic E-state index is 0.440. The molecule has 0 aromatic heterocycles. The number of carbonyl (C=O) groups excluding carboxylic acids is 1. The molecule has 1 amide bonds. The van der Waals surface area contributed by atoms with E-state index >= 15 is 0 Å². The number of hydrogen-bond acceptors (Lipinski definition) is 2. The molecule has 2 atom stereocenters. The molecule has 2 aliphatic rings. The van der Waals surface area contributed by atoms with Crippen LogP contribution in [0.25, 0.3) is 0 Å². The van der Waals surface area contributed by atoms with Gasteiger partial charge in [-0.3, -0.25) is 4.79 Å². The lowest BCUT2D eigenvalue weighted by Crippen LogP contribution is -2.61. The van der Waals surface area contributed by atoms with Crippen molar-refractivity contribution >= 4 is 5.91 Å². The highest BCUT2D eigenvalue weighted by molar-refractivity contribution is 5.76. The zero-order valence-electron chi connectivity index (χ0n) is 20.9. The van der Waals surface area contributed by atoms with Crippen molar-refractivity contribution in [3.63, 3.8) is 0 Å². The largest absolute Gasteiger partial charge is 0.343 e. The highest BCUT2D eigenvalue weighted by atomic mass is 16.2. The maximum absolute atomic E-state index is 12.9. The summed E-state index contributed by atoms with van der Waals surface area (Å²) in [5, 5.41) is 0. The van der Waals surface area contributed by atoms with Crippen molar-refractivity contribution in [1.29, 1.82) is 0 Å². The second kappa shape index (κ2) is 13.8. The van der Waals surface area contributed by atoms with Crippen LogP contribution in [0.5, 0.6) is 0 Å². The molecule has 0 N–H and O–H groups in total. The number of carbonyl (C=O) groups is 1. The Labute approximate surface area is 188 Å². The molecule has 0 aromatic carbocycles. The molecule has 0 aliphatic carbocycles. The Bertz CT molecular complexity index is 461. The third-order valence-corrected chi connectivity index (χ3v) is 8.01. The SMILES string of the molecule is CCCCCCC(CCCCC)CCC(=O)N1CCC2(CC1)CN(CC(C)CC)C2. The molecule has 3 nitrogen and oxygen atoms in total. The molecule has 0 saturated carbocycles. The third-order valence-electron chi connectivity index (χ3n) is 8.01. The molecule has 176 valence electrons. The smallest absolute Gasteiger partial charge is 0.222 e. The first-order chi connectivity index (χ1) is 14.5. The fourth-order valence-corrected chi connectivity index (χ4v) is 5.61. The van der Waals surface area contributed by atoms with Gasteiger partial charge in [0.05, 0.1) is 0 Å². The molecule has 2 heterocycles. The molecule has 3 heteroatoms. The summed E-state index contributed by atoms with van der Waals surface area (Å²) in [6.45, 7) is 15.1. The van der Waals surface area contributed by atoms with E-state index in [-0.39, 0.29) is 0 Å². The summed E-state index contributed by atoms with van der Waals surface area (Å²) in [7, 11) is 0. The molecule has 2 saturated heterocycles. The summed E-state index contributed by atoms with van der Waals surface area (Å²) in [6, 6.07) is 0. The Morgan fingerprint density at radius 2 is 1.47 bits per heavy atom. The molecule has 2 rings (SSSR count). The van der Waals surface area contributed by atoms with E-state index in [0.29, 0.717) is 11.3 Å². The second-order valence-electron chi connectivity index (χ2n) is 10.8. The van der Waals surface area contributed by atoms with E-state index in [0.717, 1.165) is 37.8 Å². The van der Waals surface area contributed by atoms with Crippen molar-refractivity contribution in [3.05, 3.63) is 0 Å². The molecule has 30 heavy (non-hydrogen) atoms. The summed E-state index contributed by atoms with van der Waals surface area (Å²) in [4.78, 5) is 17.7. The van der Waals surface area contributed by atoms with E-state index in [2.05, 4.69) is 37.5 Å². The van der Waals surface area contributed by atoms with Crippen LogP contribution in [0.1, 0.15) is 118 Å². The van der Waals surface area contributed by atoms with Gasteiger partial charge in [-0.2, -0.15) is 0 Å². The van der Waals surface area contributed by atoms with Crippen LogP contribution in [0, 0.1) is 17.3 Å². The number of piperidine rings is 1. The number of nitrogens with zero attached hydrogens (tertiary/aromatic N) is 2. The fourth-order valence-electron chi connectivity index (χ4n) is 5.61. The summed E-state index contributed by atoms with van der Waals surface area (Å²) >= 11 is 0. The first-order valence-electron chi connectivity index (χ1n) is 13.5. The number of rotatable bonds is 15. The first-order valence-corrected chi connectivity index (χ1v) is 13.5. The maximum atomic E-state index is 12.9. The second-order valence-corrected chi connectivity index (χ2v) is 10.8. The molecular formula is C27H52N2O. The van der Waals surface area contributed by atoms with E-state index in [9.17, 15) is 4.79 Å². The molecular weight excluding hydrogens is 368 g/mol. The first kappa shape index (κ1) is 25.7. The Balaban J connectivity index is 1.67. The number of hydrogen-bond donors (Lipinski definition) is 0. The standard InChI is InChI=1S/C27H52N2O/c1-5-8-10-12-14-25(13-11-9-6-2)15-16-26(30)29-19-17-27(18-20-29)22-28(23-27)21-24(4)7-3/h24-25H,5-23H2,1-4H3. The fraction of sp³-hybridized carbons (Fsp3) is 0.963. The minimum atomic E-state index is 0.440. The van der Waals surface area contributed by atoms with Crippen LogP contribution < -0.4 is 0 Å². The summed E-state index contributed by atoms with van der Waals surface area (Å²) in [6.07, 6.45) is 17.7. The predicted molar refractivity (Wildman–Crippen MR) is 130 cm³/mol. The van der Waals surface area contributed by atoms with Crippen molar-refractivity contribution in [2.45, 2.75) is 118 Å². The Morgan fingerprint density at radius 3 is 2.07 bits per heavy atom. The lowest BCUT2D eigenvalue weighted by Gasteiger charge is -2.54. The van der Waals surface area contributed by atoms with Crippen molar-refractivity contribution in [3.8, 4) is 0 Å². The number of likely N-dealkylation sites (tertiary alicyclic amines) is 2. The third kappa shape index (κ3) is 8.52. The minimum Gasteiger partial charge on any atom is -0.343 e. The lowest BCUT2D eigenvalue weighted by atomic mass is 9.71. The number of amides is 1. The average Bonchev–Trinajstić information content (AvgIpc) is 2.73. The van der Waals surface area contributed by atoms with Crippen molar-refractivity contribution < 1.29 is 4.79 Å². The van der Waals surface area contributed by atoms with Gasteiger partial charge in [0.25, 0.3) is 0 Å². The van der Waals surface area contributed by atoms with Gasteiger partial charge in [-0.15, -0.1) is 0 Å². The Morgan fingerprint density at radius 1 is 0.867 bits per heavy atom. The van der Waals surface area contributed by atoms with Crippen LogP contribution >= 0.6 is 0 Å². The highest BCUT2D eigenvalue weighted by Gasteiger charge is 2.45. The van der Waals surface area contributed by atoms with Crippen LogP contribution in [-0.2, 0) is 4.79 Å². The van der Waals surface area contributed by atoms with Gasteiger partial charge in [-0.1, -0.05) is 91.9 Å². The average molecular weight is 421 g/mol. The molecule has 0 radical (unpaired) electrons. The van der Waals surface area contributed by atoms with E-state index in [4.69, 9.17) is 0 Å². The van der Waals surface area contributed by atoms with E-state index < -0.39 is 0 Å². The Kier molecular flexibility index (Phi) is 11.8. The van der Waals surface area contributed by atoms with Gasteiger partial charge >= 0.3 is 0 Å². The maximum Gasteiger partial charge on any atom is 0.222 e. The molecule has 0 bridgehead atoms.